The summed E-state index contributed by atoms with van der Waals surface area (Å²) in [4.78, 5) is 22.5. The average Bonchev–Trinajstić information content (AvgIpc) is 2.15. The van der Waals surface area contributed by atoms with Crippen molar-refractivity contribution in [1.29, 1.82) is 0 Å². The Morgan fingerprint density at radius 1 is 1.31 bits per heavy atom. The van der Waals surface area contributed by atoms with Crippen molar-refractivity contribution in [2.75, 3.05) is 0 Å². The number of hydrogen-bond donors (Lipinski definition) is 2. The lowest BCUT2D eigenvalue weighted by Crippen LogP contribution is -2.44. The Labute approximate surface area is 98.8 Å². The Bertz CT molecular complexity index is 232. The van der Waals surface area contributed by atoms with Crippen LogP contribution in [0.25, 0.3) is 0 Å². The molecule has 0 aliphatic heterocycles. The van der Waals surface area contributed by atoms with Gasteiger partial charge in [-0.3, -0.25) is 9.59 Å². The lowest BCUT2D eigenvalue weighted by atomic mass is 9.97. The van der Waals surface area contributed by atoms with Crippen LogP contribution >= 0.6 is 0 Å². The summed E-state index contributed by atoms with van der Waals surface area (Å²) in [7, 11) is 5.35. The topological polar surface area (TPSA) is 72.2 Å². The van der Waals surface area contributed by atoms with Crippen molar-refractivity contribution in [3.63, 3.8) is 0 Å². The molecule has 0 aliphatic carbocycles. The maximum absolute atomic E-state index is 11.5. The average molecular weight is 224 g/mol. The first-order valence-electron chi connectivity index (χ1n) is 5.76. The van der Waals surface area contributed by atoms with Crippen LogP contribution in [0.15, 0.2) is 0 Å². The summed E-state index contributed by atoms with van der Waals surface area (Å²) in [6.07, 6.45) is 3.21. The third-order valence-corrected chi connectivity index (χ3v) is 2.22. The molecule has 1 unspecified atom stereocenters. The zero-order valence-electron chi connectivity index (χ0n) is 10.2. The second kappa shape index (κ2) is 8.19. The number of amides is 2. The van der Waals surface area contributed by atoms with Crippen LogP contribution in [0.5, 0.6) is 0 Å². The molecular weight excluding hydrogens is 203 g/mol. The van der Waals surface area contributed by atoms with E-state index in [1.165, 1.54) is 0 Å². The highest BCUT2D eigenvalue weighted by Gasteiger charge is 2.17. The van der Waals surface area contributed by atoms with Gasteiger partial charge in [-0.1, -0.05) is 33.0 Å². The van der Waals surface area contributed by atoms with Crippen molar-refractivity contribution in [2.24, 2.45) is 11.7 Å². The molecule has 90 valence electrons. The van der Waals surface area contributed by atoms with Crippen LogP contribution in [0.3, 0.4) is 0 Å². The molecule has 5 heteroatoms. The maximum atomic E-state index is 11.5. The van der Waals surface area contributed by atoms with E-state index >= 15 is 0 Å². The number of nitrogens with one attached hydrogen (secondary N) is 1. The van der Waals surface area contributed by atoms with Gasteiger partial charge in [0.25, 0.3) is 0 Å². The van der Waals surface area contributed by atoms with Crippen molar-refractivity contribution >= 4 is 19.7 Å². The molecule has 0 aliphatic rings. The molecule has 0 heterocycles. The van der Waals surface area contributed by atoms with Crippen molar-refractivity contribution in [3.05, 3.63) is 0 Å². The third-order valence-electron chi connectivity index (χ3n) is 2.22. The van der Waals surface area contributed by atoms with E-state index in [0.717, 1.165) is 12.8 Å². The van der Waals surface area contributed by atoms with Crippen molar-refractivity contribution in [2.45, 2.75) is 51.9 Å². The molecule has 0 saturated carbocycles. The number of hydrogen-bond acceptors (Lipinski definition) is 2. The predicted molar refractivity (Wildman–Crippen MR) is 65.0 cm³/mol. The van der Waals surface area contributed by atoms with Gasteiger partial charge in [-0.15, -0.1) is 0 Å². The summed E-state index contributed by atoms with van der Waals surface area (Å²) in [6.45, 7) is 3.90. The van der Waals surface area contributed by atoms with Gasteiger partial charge in [0, 0.05) is 6.42 Å². The molecule has 0 fully saturated rings. The first kappa shape index (κ1) is 15.0. The summed E-state index contributed by atoms with van der Waals surface area (Å²) in [5.74, 6) is -0.321. The number of unbranched alkanes of at least 4 members (excludes halogenated alkanes) is 1. The highest BCUT2D eigenvalue weighted by Crippen LogP contribution is 2.04. The summed E-state index contributed by atoms with van der Waals surface area (Å²) < 4.78 is 0. The second-order valence-corrected chi connectivity index (χ2v) is 4.40. The van der Waals surface area contributed by atoms with E-state index in [1.54, 1.807) is 0 Å². The Morgan fingerprint density at radius 2 is 1.94 bits per heavy atom. The number of carbonyl (C=O) groups is 2. The Balaban J connectivity index is 4.02. The molecule has 2 amide bonds. The van der Waals surface area contributed by atoms with Crippen molar-refractivity contribution < 1.29 is 9.59 Å². The first-order valence-corrected chi connectivity index (χ1v) is 5.76. The van der Waals surface area contributed by atoms with Gasteiger partial charge in [0.1, 0.15) is 6.04 Å². The number of primary amides is 1. The van der Waals surface area contributed by atoms with E-state index < -0.39 is 11.9 Å². The summed E-state index contributed by atoms with van der Waals surface area (Å²) in [5, 5.41) is 2.65. The fourth-order valence-electron chi connectivity index (χ4n) is 1.40. The van der Waals surface area contributed by atoms with Crippen LogP contribution in [0.2, 0.25) is 6.32 Å². The lowest BCUT2D eigenvalue weighted by Gasteiger charge is -2.16. The standard InChI is InChI=1S/C11H21BN2O2/c1-8(2)7-10(15)14-9(11(13)16)5-3-4-6-12/h8-9H,3-7H2,1-2H3,(H2,13,16)(H,14,15). The van der Waals surface area contributed by atoms with E-state index in [4.69, 9.17) is 13.6 Å². The van der Waals surface area contributed by atoms with Crippen LogP contribution in [-0.2, 0) is 9.59 Å². The predicted octanol–water partition coefficient (Wildman–Crippen LogP) is 0.760. The fraction of sp³-hybridized carbons (Fsp3) is 0.818. The molecule has 2 radical (unpaired) electrons. The van der Waals surface area contributed by atoms with Gasteiger partial charge in [0.15, 0.2) is 0 Å². The maximum Gasteiger partial charge on any atom is 0.239 e. The van der Waals surface area contributed by atoms with Gasteiger partial charge in [0.05, 0.1) is 7.85 Å². The zero-order chi connectivity index (χ0) is 12.6. The van der Waals surface area contributed by atoms with Crippen LogP contribution in [0.1, 0.15) is 39.5 Å². The minimum Gasteiger partial charge on any atom is -0.368 e. The number of nitrogens with two attached hydrogens (primary N) is 1. The van der Waals surface area contributed by atoms with E-state index in [9.17, 15) is 9.59 Å². The van der Waals surface area contributed by atoms with Crippen LogP contribution in [0.4, 0.5) is 0 Å². The number of rotatable bonds is 8. The normalized spacial score (nSPS) is 12.4. The highest BCUT2D eigenvalue weighted by atomic mass is 16.2. The van der Waals surface area contributed by atoms with Gasteiger partial charge < -0.3 is 11.1 Å². The Morgan fingerprint density at radius 3 is 2.38 bits per heavy atom. The quantitative estimate of drug-likeness (QED) is 0.472. The summed E-state index contributed by atoms with van der Waals surface area (Å²) >= 11 is 0. The summed E-state index contributed by atoms with van der Waals surface area (Å²) in [5.41, 5.74) is 5.21. The molecule has 0 bridgehead atoms. The lowest BCUT2D eigenvalue weighted by molar-refractivity contribution is -0.128. The van der Waals surface area contributed by atoms with Gasteiger partial charge in [0.2, 0.25) is 11.8 Å². The summed E-state index contributed by atoms with van der Waals surface area (Å²) in [6, 6.07) is -0.558. The van der Waals surface area contributed by atoms with Crippen LogP contribution < -0.4 is 11.1 Å². The van der Waals surface area contributed by atoms with Gasteiger partial charge in [-0.05, 0) is 12.3 Å². The molecule has 4 nitrogen and oxygen atoms in total. The molecule has 0 aromatic heterocycles. The SMILES string of the molecule is [B]CCCCC(NC(=O)CC(C)C)C(N)=O. The number of carbonyl (C=O) groups excluding carboxylic acids is 2. The van der Waals surface area contributed by atoms with E-state index in [0.29, 0.717) is 19.2 Å². The van der Waals surface area contributed by atoms with Crippen molar-refractivity contribution in [1.82, 2.24) is 5.32 Å². The van der Waals surface area contributed by atoms with Gasteiger partial charge in [-0.2, -0.15) is 0 Å². The molecule has 3 N–H and O–H groups in total. The molecule has 0 aromatic rings. The molecule has 0 aromatic carbocycles. The molecule has 0 saturated heterocycles. The first-order chi connectivity index (χ1) is 7.47. The van der Waals surface area contributed by atoms with E-state index in [-0.39, 0.29) is 11.8 Å². The monoisotopic (exact) mass is 224 g/mol. The molecule has 1 atom stereocenters. The Kier molecular flexibility index (Phi) is 7.68. The van der Waals surface area contributed by atoms with Gasteiger partial charge in [-0.25, -0.2) is 0 Å². The second-order valence-electron chi connectivity index (χ2n) is 4.40. The van der Waals surface area contributed by atoms with Crippen LogP contribution in [-0.4, -0.2) is 25.7 Å². The largest absolute Gasteiger partial charge is 0.368 e. The molecule has 0 rings (SSSR count). The van der Waals surface area contributed by atoms with Crippen molar-refractivity contribution in [3.8, 4) is 0 Å². The van der Waals surface area contributed by atoms with Gasteiger partial charge >= 0.3 is 0 Å². The van der Waals surface area contributed by atoms with Crippen LogP contribution in [0, 0.1) is 5.92 Å². The Hall–Kier alpha value is -0.995. The zero-order valence-corrected chi connectivity index (χ0v) is 10.2. The molecular formula is C11H21BN2O2. The molecule has 0 spiro atoms. The third kappa shape index (κ3) is 7.32. The van der Waals surface area contributed by atoms with E-state index in [1.807, 2.05) is 13.8 Å². The van der Waals surface area contributed by atoms with E-state index in [2.05, 4.69) is 5.32 Å². The minimum absolute atomic E-state index is 0.119. The molecule has 16 heavy (non-hydrogen) atoms. The fourth-order valence-corrected chi connectivity index (χ4v) is 1.40. The highest BCUT2D eigenvalue weighted by molar-refractivity contribution is 6.08. The minimum atomic E-state index is -0.558. The smallest absolute Gasteiger partial charge is 0.239 e.